The molecule has 1 aromatic carbocycles. The van der Waals surface area contributed by atoms with E-state index in [1.54, 1.807) is 4.68 Å². The minimum Gasteiger partial charge on any atom is -0.308 e. The predicted molar refractivity (Wildman–Crippen MR) is 77.3 cm³/mol. The molecule has 0 aliphatic rings. The van der Waals surface area contributed by atoms with Crippen LogP contribution in [0.25, 0.3) is 0 Å². The van der Waals surface area contributed by atoms with Crippen LogP contribution in [0, 0.1) is 25.5 Å². The Kier molecular flexibility index (Phi) is 4.55. The van der Waals surface area contributed by atoms with Crippen LogP contribution in [0.1, 0.15) is 22.5 Å². The van der Waals surface area contributed by atoms with Crippen LogP contribution < -0.4 is 5.32 Å². The predicted octanol–water partition coefficient (Wildman–Crippen LogP) is 3.37. The van der Waals surface area contributed by atoms with Gasteiger partial charge in [0.25, 0.3) is 0 Å². The summed E-state index contributed by atoms with van der Waals surface area (Å²) in [5.41, 5.74) is 3.07. The fraction of sp³-hybridized carbons (Fsp3) is 0.357. The van der Waals surface area contributed by atoms with E-state index in [0.717, 1.165) is 17.0 Å². The molecule has 2 aromatic rings. The molecule has 1 N–H and O–H groups in total. The largest absolute Gasteiger partial charge is 0.308 e. The van der Waals surface area contributed by atoms with Crippen molar-refractivity contribution >= 4 is 15.9 Å². The third kappa shape index (κ3) is 2.91. The van der Waals surface area contributed by atoms with Crippen LogP contribution in [0.2, 0.25) is 0 Å². The molecule has 0 amide bonds. The average molecular weight is 344 g/mol. The van der Waals surface area contributed by atoms with Crippen LogP contribution in [0.5, 0.6) is 0 Å². The molecule has 0 fully saturated rings. The summed E-state index contributed by atoms with van der Waals surface area (Å²) in [5.74, 6) is -1.10. The molecule has 0 spiro atoms. The van der Waals surface area contributed by atoms with Crippen molar-refractivity contribution < 1.29 is 8.78 Å². The molecular formula is C14H16BrF2N3. The van der Waals surface area contributed by atoms with Crippen molar-refractivity contribution in [3.05, 3.63) is 50.8 Å². The van der Waals surface area contributed by atoms with Gasteiger partial charge in [-0.1, -0.05) is 0 Å². The SMILES string of the molecule is Cc1nn(C)c(C)c1CNCc1c(F)ccc(Br)c1F. The number of aryl methyl sites for hydroxylation is 2. The zero-order valence-electron chi connectivity index (χ0n) is 11.6. The summed E-state index contributed by atoms with van der Waals surface area (Å²) in [7, 11) is 1.87. The Labute approximate surface area is 125 Å². The number of hydrogen-bond acceptors (Lipinski definition) is 2. The van der Waals surface area contributed by atoms with Crippen molar-refractivity contribution in [1.82, 2.24) is 15.1 Å². The van der Waals surface area contributed by atoms with Crippen molar-refractivity contribution in [2.75, 3.05) is 0 Å². The van der Waals surface area contributed by atoms with Crippen LogP contribution in [0.4, 0.5) is 8.78 Å². The van der Waals surface area contributed by atoms with Gasteiger partial charge in [-0.2, -0.15) is 5.10 Å². The van der Waals surface area contributed by atoms with Gasteiger partial charge in [0.15, 0.2) is 0 Å². The summed E-state index contributed by atoms with van der Waals surface area (Å²) >= 11 is 3.06. The number of nitrogens with one attached hydrogen (secondary N) is 1. The van der Waals surface area contributed by atoms with Gasteiger partial charge in [0.2, 0.25) is 0 Å². The summed E-state index contributed by atoms with van der Waals surface area (Å²) in [6.45, 7) is 4.54. The Hall–Kier alpha value is -1.27. The number of hydrogen-bond donors (Lipinski definition) is 1. The Morgan fingerprint density at radius 1 is 1.20 bits per heavy atom. The molecule has 0 aliphatic heterocycles. The maximum atomic E-state index is 13.8. The van der Waals surface area contributed by atoms with E-state index in [2.05, 4.69) is 26.3 Å². The second kappa shape index (κ2) is 6.01. The number of benzene rings is 1. The minimum atomic E-state index is -0.558. The highest BCUT2D eigenvalue weighted by molar-refractivity contribution is 9.10. The lowest BCUT2D eigenvalue weighted by Crippen LogP contribution is -2.16. The highest BCUT2D eigenvalue weighted by Gasteiger charge is 2.13. The number of nitrogens with zero attached hydrogens (tertiary/aromatic N) is 2. The van der Waals surface area contributed by atoms with Crippen molar-refractivity contribution in [3.63, 3.8) is 0 Å². The van der Waals surface area contributed by atoms with E-state index in [9.17, 15) is 8.78 Å². The van der Waals surface area contributed by atoms with Crippen molar-refractivity contribution in [1.29, 1.82) is 0 Å². The van der Waals surface area contributed by atoms with Gasteiger partial charge in [0.1, 0.15) is 11.6 Å². The van der Waals surface area contributed by atoms with Gasteiger partial charge < -0.3 is 5.32 Å². The third-order valence-electron chi connectivity index (χ3n) is 3.40. The molecule has 6 heteroatoms. The third-order valence-corrected chi connectivity index (χ3v) is 4.01. The summed E-state index contributed by atoms with van der Waals surface area (Å²) in [4.78, 5) is 0. The first-order valence-electron chi connectivity index (χ1n) is 6.24. The minimum absolute atomic E-state index is 0.0403. The van der Waals surface area contributed by atoms with Gasteiger partial charge in [0, 0.05) is 37.0 Å². The Morgan fingerprint density at radius 3 is 2.45 bits per heavy atom. The van der Waals surface area contributed by atoms with Gasteiger partial charge >= 0.3 is 0 Å². The first kappa shape index (κ1) is 15.1. The van der Waals surface area contributed by atoms with Crippen molar-refractivity contribution in [2.45, 2.75) is 26.9 Å². The standard InChI is InChI=1S/C14H16BrF2N3/c1-8-10(9(2)20(3)19-8)6-18-7-11-13(16)5-4-12(15)14(11)17/h4-5,18H,6-7H2,1-3H3. The lowest BCUT2D eigenvalue weighted by molar-refractivity contribution is 0.531. The topological polar surface area (TPSA) is 29.9 Å². The molecule has 1 heterocycles. The first-order chi connectivity index (χ1) is 9.41. The van der Waals surface area contributed by atoms with Crippen molar-refractivity contribution in [2.24, 2.45) is 7.05 Å². The highest BCUT2D eigenvalue weighted by atomic mass is 79.9. The molecule has 108 valence electrons. The molecule has 0 bridgehead atoms. The van der Waals surface area contributed by atoms with Crippen LogP contribution in [0.15, 0.2) is 16.6 Å². The molecule has 0 unspecified atom stereocenters. The fourth-order valence-electron chi connectivity index (χ4n) is 2.12. The lowest BCUT2D eigenvalue weighted by Gasteiger charge is -2.09. The van der Waals surface area contributed by atoms with E-state index in [-0.39, 0.29) is 16.6 Å². The van der Waals surface area contributed by atoms with Crippen LogP contribution in [0.3, 0.4) is 0 Å². The molecule has 0 radical (unpaired) electrons. The summed E-state index contributed by atoms with van der Waals surface area (Å²) < 4.78 is 29.5. The Balaban J connectivity index is 2.09. The molecule has 0 saturated heterocycles. The normalized spacial score (nSPS) is 11.1. The smallest absolute Gasteiger partial charge is 0.144 e. The zero-order chi connectivity index (χ0) is 14.9. The molecular weight excluding hydrogens is 328 g/mol. The highest BCUT2D eigenvalue weighted by Crippen LogP contribution is 2.21. The van der Waals surface area contributed by atoms with Gasteiger partial charge in [-0.05, 0) is 41.9 Å². The number of rotatable bonds is 4. The maximum Gasteiger partial charge on any atom is 0.144 e. The monoisotopic (exact) mass is 343 g/mol. The van der Waals surface area contributed by atoms with E-state index in [1.165, 1.54) is 12.1 Å². The lowest BCUT2D eigenvalue weighted by atomic mass is 10.1. The molecule has 1 aromatic heterocycles. The van der Waals surface area contributed by atoms with E-state index in [1.807, 2.05) is 20.9 Å². The fourth-order valence-corrected chi connectivity index (χ4v) is 2.49. The Morgan fingerprint density at radius 2 is 1.85 bits per heavy atom. The van der Waals surface area contributed by atoms with Gasteiger partial charge in [-0.15, -0.1) is 0 Å². The number of aromatic nitrogens is 2. The zero-order valence-corrected chi connectivity index (χ0v) is 13.2. The maximum absolute atomic E-state index is 13.8. The van der Waals surface area contributed by atoms with Gasteiger partial charge in [-0.3, -0.25) is 4.68 Å². The van der Waals surface area contributed by atoms with Crippen LogP contribution >= 0.6 is 15.9 Å². The number of halogens is 3. The second-order valence-corrected chi connectivity index (χ2v) is 5.55. The first-order valence-corrected chi connectivity index (χ1v) is 7.03. The summed E-state index contributed by atoms with van der Waals surface area (Å²) in [6, 6.07) is 2.62. The second-order valence-electron chi connectivity index (χ2n) is 4.70. The van der Waals surface area contributed by atoms with E-state index < -0.39 is 11.6 Å². The molecule has 0 aliphatic carbocycles. The van der Waals surface area contributed by atoms with Crippen LogP contribution in [-0.2, 0) is 20.1 Å². The summed E-state index contributed by atoms with van der Waals surface area (Å²) in [6.07, 6.45) is 0. The molecule has 2 rings (SSSR count). The molecule has 3 nitrogen and oxygen atoms in total. The van der Waals surface area contributed by atoms with E-state index >= 15 is 0 Å². The molecule has 0 saturated carbocycles. The van der Waals surface area contributed by atoms with Crippen LogP contribution in [-0.4, -0.2) is 9.78 Å². The van der Waals surface area contributed by atoms with Gasteiger partial charge in [0.05, 0.1) is 10.2 Å². The van der Waals surface area contributed by atoms with Gasteiger partial charge in [-0.25, -0.2) is 8.78 Å². The van der Waals surface area contributed by atoms with E-state index in [4.69, 9.17) is 0 Å². The Bertz CT molecular complexity index is 638. The summed E-state index contributed by atoms with van der Waals surface area (Å²) in [5, 5.41) is 7.37. The molecule has 0 atom stereocenters. The molecule has 20 heavy (non-hydrogen) atoms. The quantitative estimate of drug-likeness (QED) is 0.862. The average Bonchev–Trinajstić information content (AvgIpc) is 2.64. The van der Waals surface area contributed by atoms with E-state index in [0.29, 0.717) is 6.54 Å². The van der Waals surface area contributed by atoms with Crippen molar-refractivity contribution in [3.8, 4) is 0 Å².